The second kappa shape index (κ2) is 5.53. The Morgan fingerprint density at radius 1 is 1.16 bits per heavy atom. The van der Waals surface area contributed by atoms with E-state index in [-0.39, 0.29) is 5.56 Å². The topological polar surface area (TPSA) is 35.8 Å². The maximum atomic E-state index is 13.5. The Hall–Kier alpha value is -2.34. The Bertz CT molecular complexity index is 642. The summed E-state index contributed by atoms with van der Waals surface area (Å²) in [6.45, 7) is 4.69. The van der Waals surface area contributed by atoms with E-state index in [1.807, 2.05) is 18.2 Å². The minimum absolute atomic E-state index is 0.0628. The van der Waals surface area contributed by atoms with Crippen molar-refractivity contribution in [3.8, 4) is 6.07 Å². The van der Waals surface area contributed by atoms with Crippen LogP contribution in [0.15, 0.2) is 36.4 Å². The summed E-state index contributed by atoms with van der Waals surface area (Å²) >= 11 is 0. The van der Waals surface area contributed by atoms with Gasteiger partial charge in [0.15, 0.2) is 0 Å². The molecule has 0 fully saturated rings. The molecule has 2 nitrogen and oxygen atoms in total. The van der Waals surface area contributed by atoms with Crippen LogP contribution in [0.1, 0.15) is 22.3 Å². The molecule has 0 saturated carbocycles. The lowest BCUT2D eigenvalue weighted by molar-refractivity contribution is 0.624. The number of hydrogen-bond donors (Lipinski definition) is 1. The molecule has 19 heavy (non-hydrogen) atoms. The van der Waals surface area contributed by atoms with E-state index in [4.69, 9.17) is 5.26 Å². The van der Waals surface area contributed by atoms with Crippen LogP contribution < -0.4 is 5.32 Å². The number of aryl methyl sites for hydroxylation is 1. The van der Waals surface area contributed by atoms with Crippen molar-refractivity contribution in [2.75, 3.05) is 5.32 Å². The van der Waals surface area contributed by atoms with Gasteiger partial charge in [-0.05, 0) is 42.7 Å². The molecule has 0 aliphatic carbocycles. The van der Waals surface area contributed by atoms with Gasteiger partial charge in [0.2, 0.25) is 0 Å². The van der Waals surface area contributed by atoms with Crippen LogP contribution in [-0.4, -0.2) is 0 Å². The average Bonchev–Trinajstić information content (AvgIpc) is 2.40. The van der Waals surface area contributed by atoms with Gasteiger partial charge in [-0.1, -0.05) is 24.3 Å². The Balaban J connectivity index is 2.22. The van der Waals surface area contributed by atoms with Crippen LogP contribution in [0, 0.1) is 31.0 Å². The zero-order chi connectivity index (χ0) is 13.8. The highest BCUT2D eigenvalue weighted by atomic mass is 19.1. The van der Waals surface area contributed by atoms with Crippen LogP contribution in [0.4, 0.5) is 10.1 Å². The Kier molecular flexibility index (Phi) is 3.82. The molecule has 96 valence electrons. The lowest BCUT2D eigenvalue weighted by atomic mass is 10.0. The van der Waals surface area contributed by atoms with Gasteiger partial charge < -0.3 is 5.32 Å². The Morgan fingerprint density at radius 3 is 2.63 bits per heavy atom. The highest BCUT2D eigenvalue weighted by Crippen LogP contribution is 2.20. The molecule has 3 heteroatoms. The number of nitriles is 1. The molecule has 2 rings (SSSR count). The molecule has 0 unspecified atom stereocenters. The van der Waals surface area contributed by atoms with Crippen molar-refractivity contribution < 1.29 is 4.39 Å². The standard InChI is InChI=1S/C16H15FN2/c1-11-5-3-6-13(12(11)2)10-19-16-8-4-7-15(17)14(16)9-18/h3-8,19H,10H2,1-2H3. The lowest BCUT2D eigenvalue weighted by Crippen LogP contribution is -2.04. The van der Waals surface area contributed by atoms with Gasteiger partial charge in [-0.15, -0.1) is 0 Å². The van der Waals surface area contributed by atoms with Crippen molar-refractivity contribution in [3.05, 3.63) is 64.5 Å². The number of rotatable bonds is 3. The molecule has 0 saturated heterocycles. The first-order valence-electron chi connectivity index (χ1n) is 6.11. The van der Waals surface area contributed by atoms with Crippen LogP contribution in [-0.2, 0) is 6.54 Å². The quantitative estimate of drug-likeness (QED) is 0.900. The maximum Gasteiger partial charge on any atom is 0.143 e. The summed E-state index contributed by atoms with van der Waals surface area (Å²) in [6, 6.07) is 12.6. The third-order valence-corrected chi connectivity index (χ3v) is 3.31. The van der Waals surface area contributed by atoms with E-state index in [0.29, 0.717) is 12.2 Å². The first-order chi connectivity index (χ1) is 9.13. The average molecular weight is 254 g/mol. The number of hydrogen-bond acceptors (Lipinski definition) is 2. The first kappa shape index (κ1) is 13.1. The normalized spacial score (nSPS) is 10.0. The van der Waals surface area contributed by atoms with Gasteiger partial charge in [0.05, 0.1) is 5.69 Å². The van der Waals surface area contributed by atoms with E-state index in [1.54, 1.807) is 12.1 Å². The fourth-order valence-electron chi connectivity index (χ4n) is 1.98. The van der Waals surface area contributed by atoms with Gasteiger partial charge in [-0.25, -0.2) is 4.39 Å². The number of nitrogens with one attached hydrogen (secondary N) is 1. The highest BCUT2D eigenvalue weighted by molar-refractivity contribution is 5.58. The zero-order valence-corrected chi connectivity index (χ0v) is 11.0. The van der Waals surface area contributed by atoms with Gasteiger partial charge >= 0.3 is 0 Å². The summed E-state index contributed by atoms with van der Waals surface area (Å²) in [7, 11) is 0. The molecule has 0 amide bonds. The van der Waals surface area contributed by atoms with Gasteiger partial charge in [0.1, 0.15) is 17.4 Å². The van der Waals surface area contributed by atoms with Crippen molar-refractivity contribution in [2.45, 2.75) is 20.4 Å². The van der Waals surface area contributed by atoms with E-state index < -0.39 is 5.82 Å². The van der Waals surface area contributed by atoms with Crippen LogP contribution in [0.25, 0.3) is 0 Å². The minimum atomic E-state index is -0.492. The molecule has 0 aliphatic rings. The van der Waals surface area contributed by atoms with Crippen LogP contribution >= 0.6 is 0 Å². The molecule has 2 aromatic carbocycles. The highest BCUT2D eigenvalue weighted by Gasteiger charge is 2.08. The Labute approximate surface area is 112 Å². The molecule has 0 heterocycles. The molecule has 2 aromatic rings. The molecule has 0 radical (unpaired) electrons. The predicted octanol–water partition coefficient (Wildman–Crippen LogP) is 3.93. The third-order valence-electron chi connectivity index (χ3n) is 3.31. The number of halogens is 1. The van der Waals surface area contributed by atoms with E-state index >= 15 is 0 Å². The van der Waals surface area contributed by atoms with Gasteiger partial charge in [-0.3, -0.25) is 0 Å². The monoisotopic (exact) mass is 254 g/mol. The predicted molar refractivity (Wildman–Crippen MR) is 74.4 cm³/mol. The SMILES string of the molecule is Cc1cccc(CNc2cccc(F)c2C#N)c1C. The molecule has 0 atom stereocenters. The molecule has 1 N–H and O–H groups in total. The van der Waals surface area contributed by atoms with E-state index in [0.717, 1.165) is 5.56 Å². The van der Waals surface area contributed by atoms with Crippen molar-refractivity contribution in [2.24, 2.45) is 0 Å². The second-order valence-electron chi connectivity index (χ2n) is 4.49. The van der Waals surface area contributed by atoms with Gasteiger partial charge in [0.25, 0.3) is 0 Å². The van der Waals surface area contributed by atoms with E-state index in [1.165, 1.54) is 17.2 Å². The molecular formula is C16H15FN2. The molecule has 0 spiro atoms. The lowest BCUT2D eigenvalue weighted by Gasteiger charge is -2.12. The van der Waals surface area contributed by atoms with Gasteiger partial charge in [-0.2, -0.15) is 5.26 Å². The fraction of sp³-hybridized carbons (Fsp3) is 0.188. The van der Waals surface area contributed by atoms with Crippen molar-refractivity contribution in [1.29, 1.82) is 5.26 Å². The second-order valence-corrected chi connectivity index (χ2v) is 4.49. The number of benzene rings is 2. The van der Waals surface area contributed by atoms with Crippen LogP contribution in [0.5, 0.6) is 0 Å². The van der Waals surface area contributed by atoms with Crippen LogP contribution in [0.2, 0.25) is 0 Å². The summed E-state index contributed by atoms with van der Waals surface area (Å²) in [4.78, 5) is 0. The number of nitrogens with zero attached hydrogens (tertiary/aromatic N) is 1. The molecule has 0 bridgehead atoms. The number of anilines is 1. The summed E-state index contributed by atoms with van der Waals surface area (Å²) in [5, 5.41) is 12.1. The minimum Gasteiger partial charge on any atom is -0.380 e. The fourth-order valence-corrected chi connectivity index (χ4v) is 1.98. The largest absolute Gasteiger partial charge is 0.380 e. The van der Waals surface area contributed by atoms with Crippen molar-refractivity contribution >= 4 is 5.69 Å². The third kappa shape index (κ3) is 2.74. The van der Waals surface area contributed by atoms with Gasteiger partial charge in [0, 0.05) is 6.54 Å². The maximum absolute atomic E-state index is 13.5. The zero-order valence-electron chi connectivity index (χ0n) is 11.0. The first-order valence-corrected chi connectivity index (χ1v) is 6.11. The smallest absolute Gasteiger partial charge is 0.143 e. The summed E-state index contributed by atoms with van der Waals surface area (Å²) in [5.41, 5.74) is 4.17. The molecule has 0 aliphatic heterocycles. The summed E-state index contributed by atoms with van der Waals surface area (Å²) in [6.07, 6.45) is 0. The van der Waals surface area contributed by atoms with Crippen LogP contribution in [0.3, 0.4) is 0 Å². The summed E-state index contributed by atoms with van der Waals surface area (Å²) in [5.74, 6) is -0.492. The van der Waals surface area contributed by atoms with E-state index in [2.05, 4.69) is 25.2 Å². The van der Waals surface area contributed by atoms with Crippen molar-refractivity contribution in [1.82, 2.24) is 0 Å². The Morgan fingerprint density at radius 2 is 1.89 bits per heavy atom. The molecule has 0 aromatic heterocycles. The molecular weight excluding hydrogens is 239 g/mol. The van der Waals surface area contributed by atoms with E-state index in [9.17, 15) is 4.39 Å². The van der Waals surface area contributed by atoms with Crippen molar-refractivity contribution in [3.63, 3.8) is 0 Å². The summed E-state index contributed by atoms with van der Waals surface area (Å²) < 4.78 is 13.5.